The van der Waals surface area contributed by atoms with Crippen LogP contribution < -0.4 is 0 Å². The van der Waals surface area contributed by atoms with Gasteiger partial charge in [-0.1, -0.05) is 24.3 Å². The largest absolute Gasteiger partial charge is 0.449 e. The highest BCUT2D eigenvalue weighted by Crippen LogP contribution is 2.16. The van der Waals surface area contributed by atoms with Gasteiger partial charge in [-0.15, -0.1) is 0 Å². The van der Waals surface area contributed by atoms with Crippen molar-refractivity contribution in [3.63, 3.8) is 0 Å². The standard InChI is InChI=1S/C10H8NO/c1-8-11-10(7-12-8)9-5-3-2-4-6-9/h3-7H,1H3. The zero-order chi connectivity index (χ0) is 8.39. The second-order valence-electron chi connectivity index (χ2n) is 2.54. The second-order valence-corrected chi connectivity index (χ2v) is 2.54. The lowest BCUT2D eigenvalue weighted by atomic mass is 10.2. The van der Waals surface area contributed by atoms with Crippen LogP contribution >= 0.6 is 0 Å². The Kier molecular flexibility index (Phi) is 1.67. The molecule has 0 aliphatic rings. The zero-order valence-corrected chi connectivity index (χ0v) is 6.74. The summed E-state index contributed by atoms with van der Waals surface area (Å²) in [4.78, 5) is 4.20. The molecule has 1 radical (unpaired) electrons. The van der Waals surface area contributed by atoms with E-state index in [4.69, 9.17) is 4.42 Å². The molecule has 2 heteroatoms. The number of hydrogen-bond acceptors (Lipinski definition) is 2. The van der Waals surface area contributed by atoms with Crippen molar-refractivity contribution in [2.24, 2.45) is 0 Å². The van der Waals surface area contributed by atoms with Gasteiger partial charge in [0.2, 0.25) is 0 Å². The summed E-state index contributed by atoms with van der Waals surface area (Å²) in [5.74, 6) is 0.692. The maximum atomic E-state index is 5.10. The third kappa shape index (κ3) is 1.23. The molecule has 0 N–H and O–H groups in total. The van der Waals surface area contributed by atoms with Gasteiger partial charge in [0.05, 0.1) is 0 Å². The SMILES string of the molecule is Cc1nc(-c2cc[c]cc2)co1. The fourth-order valence-corrected chi connectivity index (χ4v) is 1.05. The first-order valence-electron chi connectivity index (χ1n) is 3.75. The van der Waals surface area contributed by atoms with Crippen molar-refractivity contribution in [3.05, 3.63) is 42.5 Å². The summed E-state index contributed by atoms with van der Waals surface area (Å²) >= 11 is 0. The van der Waals surface area contributed by atoms with Crippen LogP contribution in [0.25, 0.3) is 11.3 Å². The van der Waals surface area contributed by atoms with Crippen molar-refractivity contribution >= 4 is 0 Å². The van der Waals surface area contributed by atoms with E-state index >= 15 is 0 Å². The quantitative estimate of drug-likeness (QED) is 0.637. The van der Waals surface area contributed by atoms with Gasteiger partial charge < -0.3 is 4.42 Å². The van der Waals surface area contributed by atoms with Crippen LogP contribution in [-0.2, 0) is 0 Å². The first-order valence-corrected chi connectivity index (χ1v) is 3.75. The summed E-state index contributed by atoms with van der Waals surface area (Å²) in [6, 6.07) is 10.6. The fraction of sp³-hybridized carbons (Fsp3) is 0.100. The minimum Gasteiger partial charge on any atom is -0.449 e. The summed E-state index contributed by atoms with van der Waals surface area (Å²) in [6.07, 6.45) is 1.66. The molecule has 12 heavy (non-hydrogen) atoms. The van der Waals surface area contributed by atoms with Gasteiger partial charge in [-0.2, -0.15) is 0 Å². The molecule has 2 rings (SSSR count). The number of benzene rings is 1. The van der Waals surface area contributed by atoms with Gasteiger partial charge >= 0.3 is 0 Å². The van der Waals surface area contributed by atoms with E-state index < -0.39 is 0 Å². The summed E-state index contributed by atoms with van der Waals surface area (Å²) in [6.45, 7) is 1.83. The molecule has 0 aliphatic carbocycles. The van der Waals surface area contributed by atoms with Crippen LogP contribution in [-0.4, -0.2) is 4.98 Å². The number of rotatable bonds is 1. The van der Waals surface area contributed by atoms with Gasteiger partial charge in [-0.25, -0.2) is 4.98 Å². The summed E-state index contributed by atoms with van der Waals surface area (Å²) in [5, 5.41) is 0. The minimum atomic E-state index is 0.692. The maximum Gasteiger partial charge on any atom is 0.191 e. The summed E-state index contributed by atoms with van der Waals surface area (Å²) in [5.41, 5.74) is 1.94. The van der Waals surface area contributed by atoms with Gasteiger partial charge in [0, 0.05) is 12.5 Å². The Morgan fingerprint density at radius 3 is 2.67 bits per heavy atom. The highest BCUT2D eigenvalue weighted by atomic mass is 16.3. The van der Waals surface area contributed by atoms with E-state index in [2.05, 4.69) is 11.1 Å². The molecular formula is C10H8NO. The predicted octanol–water partition coefficient (Wildman–Crippen LogP) is 2.45. The van der Waals surface area contributed by atoms with Crippen molar-refractivity contribution in [2.75, 3.05) is 0 Å². The third-order valence-electron chi connectivity index (χ3n) is 1.63. The van der Waals surface area contributed by atoms with Crippen molar-refractivity contribution in [3.8, 4) is 11.3 Å². The number of oxazole rings is 1. The Hall–Kier alpha value is -1.57. The smallest absolute Gasteiger partial charge is 0.191 e. The Labute approximate surface area is 70.9 Å². The summed E-state index contributed by atoms with van der Waals surface area (Å²) < 4.78 is 5.10. The predicted molar refractivity (Wildman–Crippen MR) is 45.5 cm³/mol. The summed E-state index contributed by atoms with van der Waals surface area (Å²) in [7, 11) is 0. The van der Waals surface area contributed by atoms with Crippen molar-refractivity contribution in [2.45, 2.75) is 6.92 Å². The molecule has 2 aromatic rings. The van der Waals surface area contributed by atoms with Gasteiger partial charge in [-0.05, 0) is 6.07 Å². The van der Waals surface area contributed by atoms with E-state index in [-0.39, 0.29) is 0 Å². The van der Waals surface area contributed by atoms with E-state index in [9.17, 15) is 0 Å². The number of hydrogen-bond donors (Lipinski definition) is 0. The molecule has 1 heterocycles. The van der Waals surface area contributed by atoms with Crippen LogP contribution in [0.2, 0.25) is 0 Å². The first kappa shape index (κ1) is 7.10. The molecule has 0 saturated carbocycles. The van der Waals surface area contributed by atoms with E-state index in [1.807, 2.05) is 31.2 Å². The molecule has 2 nitrogen and oxygen atoms in total. The molecule has 0 atom stereocenters. The Bertz CT molecular complexity index is 364. The topological polar surface area (TPSA) is 26.0 Å². The van der Waals surface area contributed by atoms with Crippen LogP contribution in [0.15, 0.2) is 34.9 Å². The van der Waals surface area contributed by atoms with Crippen molar-refractivity contribution < 1.29 is 4.42 Å². The molecular weight excluding hydrogens is 150 g/mol. The maximum absolute atomic E-state index is 5.10. The van der Waals surface area contributed by atoms with E-state index in [0.717, 1.165) is 11.3 Å². The molecule has 1 aromatic heterocycles. The van der Waals surface area contributed by atoms with Gasteiger partial charge in [0.15, 0.2) is 5.89 Å². The molecule has 0 amide bonds. The molecule has 0 spiro atoms. The van der Waals surface area contributed by atoms with Crippen LogP contribution in [0.5, 0.6) is 0 Å². The zero-order valence-electron chi connectivity index (χ0n) is 6.74. The van der Waals surface area contributed by atoms with E-state index in [0.29, 0.717) is 5.89 Å². The van der Waals surface area contributed by atoms with Crippen molar-refractivity contribution in [1.29, 1.82) is 0 Å². The van der Waals surface area contributed by atoms with Gasteiger partial charge in [0.1, 0.15) is 12.0 Å². The van der Waals surface area contributed by atoms with Crippen LogP contribution in [0.4, 0.5) is 0 Å². The normalized spacial score (nSPS) is 10.1. The molecule has 59 valence electrons. The lowest BCUT2D eigenvalue weighted by molar-refractivity contribution is 0.521. The van der Waals surface area contributed by atoms with Crippen LogP contribution in [0.1, 0.15) is 5.89 Å². The number of aryl methyl sites for hydroxylation is 1. The average molecular weight is 158 g/mol. The van der Waals surface area contributed by atoms with Gasteiger partial charge in [-0.3, -0.25) is 0 Å². The molecule has 1 aromatic carbocycles. The van der Waals surface area contributed by atoms with E-state index in [1.54, 1.807) is 6.26 Å². The van der Waals surface area contributed by atoms with Crippen LogP contribution in [0, 0.1) is 13.0 Å². The monoisotopic (exact) mass is 158 g/mol. The third-order valence-corrected chi connectivity index (χ3v) is 1.63. The fourth-order valence-electron chi connectivity index (χ4n) is 1.05. The van der Waals surface area contributed by atoms with Gasteiger partial charge in [0.25, 0.3) is 0 Å². The minimum absolute atomic E-state index is 0.692. The Balaban J connectivity index is 2.45. The highest BCUT2D eigenvalue weighted by Gasteiger charge is 2.00. The lowest BCUT2D eigenvalue weighted by Crippen LogP contribution is -1.75. The average Bonchev–Trinajstić information content (AvgIpc) is 2.54. The molecule has 0 bridgehead atoms. The molecule has 0 unspecified atom stereocenters. The highest BCUT2D eigenvalue weighted by molar-refractivity contribution is 5.57. The number of aromatic nitrogens is 1. The second kappa shape index (κ2) is 2.81. The van der Waals surface area contributed by atoms with E-state index in [1.165, 1.54) is 0 Å². The molecule has 0 fully saturated rings. The van der Waals surface area contributed by atoms with Crippen LogP contribution in [0.3, 0.4) is 0 Å². The Morgan fingerprint density at radius 2 is 2.08 bits per heavy atom. The Morgan fingerprint density at radius 1 is 1.33 bits per heavy atom. The molecule has 0 saturated heterocycles. The van der Waals surface area contributed by atoms with Crippen molar-refractivity contribution in [1.82, 2.24) is 4.98 Å². The number of nitrogens with zero attached hydrogens (tertiary/aromatic N) is 1. The lowest BCUT2D eigenvalue weighted by Gasteiger charge is -1.91. The molecule has 0 aliphatic heterocycles. The first-order chi connectivity index (χ1) is 5.86.